The Labute approximate surface area is 178 Å². The van der Waals surface area contributed by atoms with Gasteiger partial charge in [0, 0.05) is 18.7 Å². The first-order chi connectivity index (χ1) is 15.2. The highest BCUT2D eigenvalue weighted by Crippen LogP contribution is 2.29. The van der Waals surface area contributed by atoms with Crippen molar-refractivity contribution in [3.8, 4) is 11.8 Å². The van der Waals surface area contributed by atoms with E-state index < -0.39 is 57.5 Å². The van der Waals surface area contributed by atoms with Gasteiger partial charge in [-0.15, -0.1) is 0 Å². The summed E-state index contributed by atoms with van der Waals surface area (Å²) in [7, 11) is 0. The second-order valence-electron chi connectivity index (χ2n) is 6.70. The maximum absolute atomic E-state index is 12.1. The summed E-state index contributed by atoms with van der Waals surface area (Å²) in [6.07, 6.45) is -1.59. The number of nitrogens with one attached hydrogen (secondary N) is 2. The molecule has 32 heavy (non-hydrogen) atoms. The molecular formula is C18H17N5O9. The number of non-ortho nitro benzene ring substituents is 1. The lowest BCUT2D eigenvalue weighted by Gasteiger charge is -2.14. The van der Waals surface area contributed by atoms with Crippen molar-refractivity contribution in [1.29, 1.82) is 0 Å². The number of H-pyrrole nitrogens is 1. The van der Waals surface area contributed by atoms with E-state index >= 15 is 0 Å². The molecule has 0 bridgehead atoms. The van der Waals surface area contributed by atoms with E-state index in [1.807, 2.05) is 0 Å². The Morgan fingerprint density at radius 2 is 2.03 bits per heavy atom. The number of nitro benzene ring substituents is 2. The van der Waals surface area contributed by atoms with Crippen LogP contribution in [0.4, 0.5) is 17.1 Å². The minimum atomic E-state index is -0.986. The number of hydrogen-bond acceptors (Lipinski definition) is 10. The number of aliphatic hydroxyl groups excluding tert-OH is 2. The first-order valence-corrected chi connectivity index (χ1v) is 9.16. The summed E-state index contributed by atoms with van der Waals surface area (Å²) in [5, 5.41) is 43.6. The molecule has 0 amide bonds. The third-order valence-electron chi connectivity index (χ3n) is 4.64. The molecule has 1 aliphatic rings. The molecule has 0 spiro atoms. The molecule has 0 radical (unpaired) electrons. The molecule has 4 N–H and O–H groups in total. The van der Waals surface area contributed by atoms with E-state index in [0.29, 0.717) is 0 Å². The summed E-state index contributed by atoms with van der Waals surface area (Å²) in [5.74, 6) is 5.10. The van der Waals surface area contributed by atoms with E-state index in [9.17, 15) is 34.9 Å². The molecule has 3 atom stereocenters. The van der Waals surface area contributed by atoms with Gasteiger partial charge in [0.15, 0.2) is 0 Å². The van der Waals surface area contributed by atoms with Crippen molar-refractivity contribution in [3.05, 3.63) is 71.0 Å². The highest BCUT2D eigenvalue weighted by atomic mass is 16.6. The lowest BCUT2D eigenvalue weighted by Crippen LogP contribution is -2.33. The fourth-order valence-electron chi connectivity index (χ4n) is 3.05. The van der Waals surface area contributed by atoms with Crippen molar-refractivity contribution in [3.63, 3.8) is 0 Å². The van der Waals surface area contributed by atoms with Crippen LogP contribution >= 0.6 is 0 Å². The van der Waals surface area contributed by atoms with E-state index in [4.69, 9.17) is 9.84 Å². The smallest absolute Gasteiger partial charge is 0.330 e. The van der Waals surface area contributed by atoms with Crippen molar-refractivity contribution in [2.45, 2.75) is 24.9 Å². The number of aliphatic hydroxyl groups is 2. The first-order valence-electron chi connectivity index (χ1n) is 9.16. The lowest BCUT2D eigenvalue weighted by molar-refractivity contribution is -0.393. The van der Waals surface area contributed by atoms with Crippen LogP contribution in [0.5, 0.6) is 0 Å². The number of ether oxygens (including phenoxy) is 1. The standard InChI is InChI=1S/C18H17N5O9/c24-9-15-14(25)7-16(32-15)21-8-10(17(26)20-18(21)27)2-1-5-19-12-4-3-11(22(28)29)6-13(12)23(30)31/h3-4,6,8,14-16,19,24-25H,5,7,9H2,(H,20,26,27)/t14-,15+,16+/m0/s1. The highest BCUT2D eigenvalue weighted by Gasteiger charge is 2.35. The third kappa shape index (κ3) is 4.81. The summed E-state index contributed by atoms with van der Waals surface area (Å²) in [6.45, 7) is -0.592. The van der Waals surface area contributed by atoms with Crippen LogP contribution < -0.4 is 16.6 Å². The Bertz CT molecular complexity index is 1230. The minimum Gasteiger partial charge on any atom is -0.394 e. The van der Waals surface area contributed by atoms with Crippen LogP contribution in [-0.2, 0) is 4.74 Å². The molecule has 1 aliphatic heterocycles. The second kappa shape index (κ2) is 9.39. The van der Waals surface area contributed by atoms with Crippen LogP contribution in [-0.4, -0.2) is 55.0 Å². The number of benzene rings is 1. The molecule has 1 saturated heterocycles. The average Bonchev–Trinajstić information content (AvgIpc) is 3.12. The zero-order valence-corrected chi connectivity index (χ0v) is 16.3. The minimum absolute atomic E-state index is 0.00262. The van der Waals surface area contributed by atoms with Gasteiger partial charge in [0.1, 0.15) is 23.6 Å². The molecule has 1 aromatic heterocycles. The summed E-state index contributed by atoms with van der Waals surface area (Å²) in [6, 6.07) is 3.08. The Hall–Kier alpha value is -4.06. The van der Waals surface area contributed by atoms with Gasteiger partial charge in [-0.05, 0) is 6.07 Å². The zero-order chi connectivity index (χ0) is 23.4. The van der Waals surface area contributed by atoms with Crippen molar-refractivity contribution in [2.24, 2.45) is 0 Å². The summed E-state index contributed by atoms with van der Waals surface area (Å²) in [5.41, 5.74) is -2.60. The summed E-state index contributed by atoms with van der Waals surface area (Å²) in [4.78, 5) is 46.6. The van der Waals surface area contributed by atoms with Crippen LogP contribution in [0.3, 0.4) is 0 Å². The van der Waals surface area contributed by atoms with Crippen LogP contribution in [0.25, 0.3) is 0 Å². The molecule has 1 aromatic carbocycles. The predicted molar refractivity (Wildman–Crippen MR) is 108 cm³/mol. The van der Waals surface area contributed by atoms with Crippen LogP contribution in [0.1, 0.15) is 18.2 Å². The molecule has 2 aromatic rings. The van der Waals surface area contributed by atoms with E-state index in [1.54, 1.807) is 0 Å². The first kappa shape index (κ1) is 22.6. The zero-order valence-electron chi connectivity index (χ0n) is 16.3. The van der Waals surface area contributed by atoms with Crippen molar-refractivity contribution in [2.75, 3.05) is 18.5 Å². The summed E-state index contributed by atoms with van der Waals surface area (Å²) < 4.78 is 6.44. The van der Waals surface area contributed by atoms with Gasteiger partial charge >= 0.3 is 5.69 Å². The van der Waals surface area contributed by atoms with Gasteiger partial charge in [-0.25, -0.2) is 4.79 Å². The molecule has 0 aliphatic carbocycles. The van der Waals surface area contributed by atoms with Gasteiger partial charge in [-0.2, -0.15) is 0 Å². The normalized spacial score (nSPS) is 19.8. The molecule has 168 valence electrons. The predicted octanol–water partition coefficient (Wildman–Crippen LogP) is -0.543. The van der Waals surface area contributed by atoms with Gasteiger partial charge < -0.3 is 20.3 Å². The van der Waals surface area contributed by atoms with E-state index in [1.165, 1.54) is 6.07 Å². The van der Waals surface area contributed by atoms with Crippen LogP contribution in [0.2, 0.25) is 0 Å². The monoisotopic (exact) mass is 447 g/mol. The number of anilines is 1. The Balaban J connectivity index is 1.78. The Kier molecular flexibility index (Phi) is 6.64. The molecule has 1 fully saturated rings. The van der Waals surface area contributed by atoms with Crippen molar-refractivity contribution < 1.29 is 24.8 Å². The van der Waals surface area contributed by atoms with Crippen molar-refractivity contribution in [1.82, 2.24) is 9.55 Å². The number of rotatable bonds is 6. The largest absolute Gasteiger partial charge is 0.394 e. The molecule has 3 rings (SSSR count). The fraction of sp³-hybridized carbons (Fsp3) is 0.333. The fourth-order valence-corrected chi connectivity index (χ4v) is 3.05. The van der Waals surface area contributed by atoms with Crippen LogP contribution in [0, 0.1) is 32.1 Å². The Morgan fingerprint density at radius 3 is 2.66 bits per heavy atom. The van der Waals surface area contributed by atoms with Gasteiger partial charge in [-0.1, -0.05) is 11.8 Å². The molecular weight excluding hydrogens is 430 g/mol. The van der Waals surface area contributed by atoms with Gasteiger partial charge in [-0.3, -0.25) is 34.6 Å². The van der Waals surface area contributed by atoms with E-state index in [0.717, 1.165) is 22.9 Å². The summed E-state index contributed by atoms with van der Waals surface area (Å²) >= 11 is 0. The Morgan fingerprint density at radius 1 is 1.28 bits per heavy atom. The number of nitro groups is 2. The average molecular weight is 447 g/mol. The van der Waals surface area contributed by atoms with E-state index in [2.05, 4.69) is 22.1 Å². The maximum atomic E-state index is 12.1. The highest BCUT2D eigenvalue weighted by molar-refractivity contribution is 5.65. The van der Waals surface area contributed by atoms with E-state index in [-0.39, 0.29) is 24.2 Å². The second-order valence-corrected chi connectivity index (χ2v) is 6.70. The molecule has 14 nitrogen and oxygen atoms in total. The van der Waals surface area contributed by atoms with Gasteiger partial charge in [0.05, 0.1) is 35.2 Å². The maximum Gasteiger partial charge on any atom is 0.330 e. The molecule has 2 heterocycles. The SMILES string of the molecule is O=c1[nH]c(=O)n([C@H]2C[C@H](O)[C@@H](CO)O2)cc1C#CCNc1ccc([N+](=O)[O-])cc1[N+](=O)[O-]. The number of aromatic nitrogens is 2. The van der Waals surface area contributed by atoms with Crippen molar-refractivity contribution >= 4 is 17.1 Å². The number of aromatic amines is 1. The van der Waals surface area contributed by atoms with Crippen LogP contribution in [0.15, 0.2) is 34.0 Å². The third-order valence-corrected chi connectivity index (χ3v) is 4.64. The molecule has 14 heteroatoms. The lowest BCUT2D eigenvalue weighted by atomic mass is 10.2. The number of nitrogens with zero attached hydrogens (tertiary/aromatic N) is 3. The van der Waals surface area contributed by atoms with Gasteiger partial charge in [0.25, 0.3) is 16.9 Å². The topological polar surface area (TPSA) is 203 Å². The van der Waals surface area contributed by atoms with Gasteiger partial charge in [0.2, 0.25) is 0 Å². The molecule has 0 saturated carbocycles. The number of hydrogen-bond donors (Lipinski definition) is 4. The quantitative estimate of drug-likeness (QED) is 0.253. The molecule has 0 unspecified atom stereocenters.